The van der Waals surface area contributed by atoms with E-state index in [1.807, 2.05) is 69.3 Å². The monoisotopic (exact) mass is 401 g/mol. The highest BCUT2D eigenvalue weighted by Gasteiger charge is 2.44. The molecular formula is C26H27NO3. The smallest absolute Gasteiger partial charge is 0.315 e. The number of nitrogens with zero attached hydrogens (tertiary/aromatic N) is 1. The summed E-state index contributed by atoms with van der Waals surface area (Å²) in [7, 11) is 0. The first-order valence-electron chi connectivity index (χ1n) is 10.6. The average Bonchev–Trinajstić information content (AvgIpc) is 2.73. The van der Waals surface area contributed by atoms with Crippen LogP contribution < -0.4 is 0 Å². The molecular weight excluding hydrogens is 374 g/mol. The van der Waals surface area contributed by atoms with Crippen molar-refractivity contribution in [2.45, 2.75) is 51.6 Å². The van der Waals surface area contributed by atoms with E-state index in [0.29, 0.717) is 18.4 Å². The molecule has 0 saturated heterocycles. The molecule has 1 aliphatic carbocycles. The third kappa shape index (κ3) is 3.87. The number of benzene rings is 2. The highest BCUT2D eigenvalue weighted by Crippen LogP contribution is 2.46. The van der Waals surface area contributed by atoms with Gasteiger partial charge in [-0.25, -0.2) is 0 Å². The number of ether oxygens (including phenoxy) is 1. The predicted octanol–water partition coefficient (Wildman–Crippen LogP) is 5.21. The number of ketones is 1. The Labute approximate surface area is 177 Å². The summed E-state index contributed by atoms with van der Waals surface area (Å²) >= 11 is 0. The van der Waals surface area contributed by atoms with Gasteiger partial charge in [-0.05, 0) is 44.2 Å². The molecule has 4 rings (SSSR count). The van der Waals surface area contributed by atoms with Crippen LogP contribution in [0.3, 0.4) is 0 Å². The second-order valence-electron chi connectivity index (χ2n) is 8.40. The molecule has 0 fully saturated rings. The van der Waals surface area contributed by atoms with Crippen LogP contribution >= 0.6 is 0 Å². The maximum Gasteiger partial charge on any atom is 0.315 e. The van der Waals surface area contributed by atoms with Crippen LogP contribution in [-0.2, 0) is 14.3 Å². The lowest BCUT2D eigenvalue weighted by Gasteiger charge is -2.36. The fourth-order valence-corrected chi connectivity index (χ4v) is 4.65. The molecule has 2 aromatic rings. The molecule has 4 nitrogen and oxygen atoms in total. The molecule has 1 aliphatic heterocycles. The van der Waals surface area contributed by atoms with Crippen molar-refractivity contribution in [1.82, 2.24) is 0 Å². The molecule has 3 unspecified atom stereocenters. The van der Waals surface area contributed by atoms with Gasteiger partial charge in [-0.15, -0.1) is 0 Å². The van der Waals surface area contributed by atoms with Crippen LogP contribution in [0.5, 0.6) is 0 Å². The van der Waals surface area contributed by atoms with Crippen LogP contribution in [0.25, 0.3) is 0 Å². The Morgan fingerprint density at radius 1 is 0.967 bits per heavy atom. The summed E-state index contributed by atoms with van der Waals surface area (Å²) in [6, 6.07) is 19.9. The summed E-state index contributed by atoms with van der Waals surface area (Å²) in [5.74, 6) is -1.05. The van der Waals surface area contributed by atoms with Crippen molar-refractivity contribution in [1.29, 1.82) is 0 Å². The maximum atomic E-state index is 13.4. The van der Waals surface area contributed by atoms with Gasteiger partial charge >= 0.3 is 5.97 Å². The number of carbonyl (C=O) groups excluding carboxylic acids is 2. The molecule has 4 heteroatoms. The van der Waals surface area contributed by atoms with Crippen molar-refractivity contribution in [2.24, 2.45) is 10.9 Å². The van der Waals surface area contributed by atoms with E-state index in [4.69, 9.17) is 9.73 Å². The van der Waals surface area contributed by atoms with Crippen molar-refractivity contribution >= 4 is 17.5 Å². The van der Waals surface area contributed by atoms with Gasteiger partial charge in [0.05, 0.1) is 6.10 Å². The van der Waals surface area contributed by atoms with E-state index in [-0.39, 0.29) is 29.7 Å². The summed E-state index contributed by atoms with van der Waals surface area (Å²) in [6.07, 6.45) is 0.923. The summed E-state index contributed by atoms with van der Waals surface area (Å²) in [5.41, 5.74) is 4.33. The Hall–Kier alpha value is -3.01. The Balaban J connectivity index is 1.78. The third-order valence-electron chi connectivity index (χ3n) is 5.92. The summed E-state index contributed by atoms with van der Waals surface area (Å²) in [5, 5.41) is 0. The first-order valence-corrected chi connectivity index (χ1v) is 10.6. The molecule has 2 aromatic carbocycles. The number of allylic oxidation sites excluding steroid dienone is 2. The minimum Gasteiger partial charge on any atom is -0.462 e. The first-order chi connectivity index (χ1) is 14.5. The van der Waals surface area contributed by atoms with E-state index in [1.165, 1.54) is 0 Å². The van der Waals surface area contributed by atoms with Crippen molar-refractivity contribution in [3.63, 3.8) is 0 Å². The van der Waals surface area contributed by atoms with Gasteiger partial charge in [0.25, 0.3) is 0 Å². The molecule has 0 aromatic heterocycles. The molecule has 0 radical (unpaired) electrons. The molecule has 0 bridgehead atoms. The van der Waals surface area contributed by atoms with Crippen LogP contribution in [0, 0.1) is 5.92 Å². The first kappa shape index (κ1) is 20.3. The zero-order valence-electron chi connectivity index (χ0n) is 17.7. The molecule has 30 heavy (non-hydrogen) atoms. The van der Waals surface area contributed by atoms with E-state index >= 15 is 0 Å². The summed E-state index contributed by atoms with van der Waals surface area (Å²) in [4.78, 5) is 31.2. The molecule has 2 aliphatic rings. The number of aliphatic imine (C=N–C) groups is 1. The molecule has 1 heterocycles. The normalized spacial score (nSPS) is 23.8. The Bertz CT molecular complexity index is 1010. The minimum atomic E-state index is -0.578. The molecule has 0 spiro atoms. The third-order valence-corrected chi connectivity index (χ3v) is 5.92. The molecule has 154 valence electrons. The summed E-state index contributed by atoms with van der Waals surface area (Å²) in [6.45, 7) is 5.56. The quantitative estimate of drug-likeness (QED) is 0.661. The van der Waals surface area contributed by atoms with Crippen molar-refractivity contribution < 1.29 is 14.3 Å². The van der Waals surface area contributed by atoms with Gasteiger partial charge < -0.3 is 4.74 Å². The lowest BCUT2D eigenvalue weighted by Crippen LogP contribution is -2.38. The van der Waals surface area contributed by atoms with Crippen LogP contribution in [0.15, 0.2) is 76.9 Å². The average molecular weight is 402 g/mol. The SMILES string of the molecule is CC1=NC2=C(C(=O)CC(c3ccccc3)C2)C(c2ccccc2)C1C(=O)OC(C)C. The second-order valence-corrected chi connectivity index (χ2v) is 8.40. The van der Waals surface area contributed by atoms with E-state index in [2.05, 4.69) is 12.1 Å². The number of carbonyl (C=O) groups is 2. The highest BCUT2D eigenvalue weighted by molar-refractivity contribution is 6.09. The summed E-state index contributed by atoms with van der Waals surface area (Å²) < 4.78 is 5.56. The van der Waals surface area contributed by atoms with Crippen molar-refractivity contribution in [3.05, 3.63) is 83.1 Å². The maximum absolute atomic E-state index is 13.4. The van der Waals surface area contributed by atoms with Crippen LogP contribution in [0.2, 0.25) is 0 Å². The van der Waals surface area contributed by atoms with E-state index in [9.17, 15) is 9.59 Å². The Kier molecular flexibility index (Phi) is 5.67. The fraction of sp³-hybridized carbons (Fsp3) is 0.346. The van der Waals surface area contributed by atoms with Crippen LogP contribution in [0.1, 0.15) is 56.6 Å². The zero-order chi connectivity index (χ0) is 21.3. The predicted molar refractivity (Wildman–Crippen MR) is 117 cm³/mol. The van der Waals surface area contributed by atoms with Gasteiger partial charge in [-0.2, -0.15) is 0 Å². The van der Waals surface area contributed by atoms with Gasteiger partial charge in [0.2, 0.25) is 0 Å². The van der Waals surface area contributed by atoms with Gasteiger partial charge in [-0.1, -0.05) is 60.7 Å². The number of Topliss-reactive ketones (excluding diaryl/α,β-unsaturated/α-hetero) is 1. The molecule has 0 saturated carbocycles. The van der Waals surface area contributed by atoms with Gasteiger partial charge in [0.15, 0.2) is 5.78 Å². The van der Waals surface area contributed by atoms with Crippen molar-refractivity contribution in [2.75, 3.05) is 0 Å². The molecule has 0 N–H and O–H groups in total. The zero-order valence-corrected chi connectivity index (χ0v) is 17.7. The number of hydrogen-bond acceptors (Lipinski definition) is 4. The Morgan fingerprint density at radius 3 is 2.17 bits per heavy atom. The highest BCUT2D eigenvalue weighted by atomic mass is 16.5. The fourth-order valence-electron chi connectivity index (χ4n) is 4.65. The van der Waals surface area contributed by atoms with Crippen LogP contribution in [0.4, 0.5) is 0 Å². The molecule has 3 atom stereocenters. The lowest BCUT2D eigenvalue weighted by molar-refractivity contribution is -0.150. The number of hydrogen-bond donors (Lipinski definition) is 0. The topological polar surface area (TPSA) is 55.7 Å². The van der Waals surface area contributed by atoms with Gasteiger partial charge in [-0.3, -0.25) is 14.6 Å². The van der Waals surface area contributed by atoms with Gasteiger partial charge in [0, 0.05) is 29.3 Å². The second kappa shape index (κ2) is 8.39. The van der Waals surface area contributed by atoms with Gasteiger partial charge in [0.1, 0.15) is 5.92 Å². The van der Waals surface area contributed by atoms with E-state index < -0.39 is 5.92 Å². The standard InChI is InChI=1S/C26H27NO3/c1-16(2)30-26(29)23-17(3)27-21-14-20(18-10-6-4-7-11-18)15-22(28)25(21)24(23)19-12-8-5-9-13-19/h4-13,16,20,23-24H,14-15H2,1-3H3. The van der Waals surface area contributed by atoms with Crippen LogP contribution in [-0.4, -0.2) is 23.6 Å². The van der Waals surface area contributed by atoms with E-state index in [0.717, 1.165) is 22.5 Å². The number of rotatable bonds is 4. The minimum absolute atomic E-state index is 0.0811. The van der Waals surface area contributed by atoms with Crippen molar-refractivity contribution in [3.8, 4) is 0 Å². The lowest BCUT2D eigenvalue weighted by atomic mass is 9.69. The number of esters is 1. The molecule has 0 amide bonds. The largest absolute Gasteiger partial charge is 0.462 e. The Morgan fingerprint density at radius 2 is 1.57 bits per heavy atom. The van der Waals surface area contributed by atoms with E-state index in [1.54, 1.807) is 0 Å².